The van der Waals surface area contributed by atoms with Gasteiger partial charge in [0.25, 0.3) is 23.6 Å². The second-order valence-electron chi connectivity index (χ2n) is 11.1. The molecule has 4 aromatic rings. The zero-order valence-electron chi connectivity index (χ0n) is 25.1. The minimum atomic E-state index is -0.684. The molecule has 0 saturated heterocycles. The molecule has 2 aliphatic rings. The van der Waals surface area contributed by atoms with Crippen molar-refractivity contribution in [2.75, 3.05) is 0 Å². The normalized spacial score (nSPS) is 14.5. The average Bonchev–Trinajstić information content (AvgIpc) is 3.50. The van der Waals surface area contributed by atoms with E-state index in [0.717, 1.165) is 34.1 Å². The Morgan fingerprint density at radius 3 is 1.13 bits per heavy atom. The summed E-state index contributed by atoms with van der Waals surface area (Å²) < 4.78 is 11.7. The molecule has 230 valence electrons. The van der Waals surface area contributed by atoms with Crippen molar-refractivity contribution in [3.05, 3.63) is 144 Å². The van der Waals surface area contributed by atoms with E-state index in [1.165, 1.54) is 12.2 Å². The van der Waals surface area contributed by atoms with Crippen LogP contribution in [0, 0.1) is 0 Å². The molecular weight excluding hydrogens is 580 g/mol. The monoisotopic (exact) mass is 612 g/mol. The molecule has 0 spiro atoms. The minimum absolute atomic E-state index is 0.280. The fourth-order valence-corrected chi connectivity index (χ4v) is 5.42. The highest BCUT2D eigenvalue weighted by molar-refractivity contribution is 6.23. The molecule has 46 heavy (non-hydrogen) atoms. The molecular formula is C38H32N2O6. The van der Waals surface area contributed by atoms with Gasteiger partial charge in [0.2, 0.25) is 0 Å². The van der Waals surface area contributed by atoms with Gasteiger partial charge in [-0.1, -0.05) is 60.7 Å². The number of amides is 4. The molecule has 6 rings (SSSR count). The number of nitrogens with zero attached hydrogens (tertiary/aromatic N) is 2. The van der Waals surface area contributed by atoms with Crippen molar-refractivity contribution in [1.29, 1.82) is 0 Å². The highest BCUT2D eigenvalue weighted by Gasteiger charge is 2.44. The van der Waals surface area contributed by atoms with Gasteiger partial charge in [0, 0.05) is 23.3 Å². The van der Waals surface area contributed by atoms with Gasteiger partial charge in [0.05, 0.1) is 0 Å². The van der Waals surface area contributed by atoms with E-state index in [2.05, 4.69) is 0 Å². The first-order chi connectivity index (χ1) is 22.4. The number of hydrogen-bond donors (Lipinski definition) is 0. The summed E-state index contributed by atoms with van der Waals surface area (Å²) in [4.78, 5) is 51.8. The zero-order chi connectivity index (χ0) is 31.9. The summed E-state index contributed by atoms with van der Waals surface area (Å²) in [7, 11) is 0. The highest BCUT2D eigenvalue weighted by atomic mass is 16.5. The number of ether oxygens (including phenoxy) is 2. The van der Waals surface area contributed by atoms with Gasteiger partial charge in [-0.2, -0.15) is 10.0 Å². The fourth-order valence-electron chi connectivity index (χ4n) is 5.42. The topological polar surface area (TPSA) is 93.2 Å². The molecule has 0 unspecified atom stereocenters. The third kappa shape index (κ3) is 7.13. The first-order valence-electron chi connectivity index (χ1n) is 15.3. The molecule has 8 heteroatoms. The van der Waals surface area contributed by atoms with Gasteiger partial charge in [-0.25, -0.2) is 0 Å². The van der Waals surface area contributed by atoms with Crippen molar-refractivity contribution in [1.82, 2.24) is 10.0 Å². The van der Waals surface area contributed by atoms with E-state index in [1.807, 2.05) is 109 Å². The Kier molecular flexibility index (Phi) is 9.15. The Labute approximate surface area is 267 Å². The smallest absolute Gasteiger partial charge is 0.276 e. The lowest BCUT2D eigenvalue weighted by molar-refractivity contribution is -0.170. The van der Waals surface area contributed by atoms with Crippen molar-refractivity contribution in [2.45, 2.75) is 38.5 Å². The van der Waals surface area contributed by atoms with Gasteiger partial charge in [-0.3, -0.25) is 19.2 Å². The number of carbonyl (C=O) groups is 4. The van der Waals surface area contributed by atoms with Crippen LogP contribution in [-0.2, 0) is 32.0 Å². The van der Waals surface area contributed by atoms with Crippen LogP contribution in [0.25, 0.3) is 0 Å². The molecule has 8 nitrogen and oxygen atoms in total. The van der Waals surface area contributed by atoms with E-state index in [1.54, 1.807) is 0 Å². The Hall–Kier alpha value is -5.76. The maximum Gasteiger partial charge on any atom is 0.276 e. The number of benzene rings is 4. The summed E-state index contributed by atoms with van der Waals surface area (Å²) in [5.41, 5.74) is 2.68. The van der Waals surface area contributed by atoms with Crippen LogP contribution < -0.4 is 9.47 Å². The SMILES string of the molecule is O=C1C=C(CCCc2ccc(Oc3ccccc3)cc2)C(=O)N1N1C(=O)C=C(CCCc2ccc(Oc3ccccc3)cc2)C1=O. The van der Waals surface area contributed by atoms with Crippen molar-refractivity contribution in [3.8, 4) is 23.0 Å². The fraction of sp³-hybridized carbons (Fsp3) is 0.158. The molecule has 0 saturated carbocycles. The molecule has 0 fully saturated rings. The van der Waals surface area contributed by atoms with Gasteiger partial charge in [-0.15, -0.1) is 0 Å². The van der Waals surface area contributed by atoms with E-state index in [9.17, 15) is 19.2 Å². The molecule has 0 aromatic heterocycles. The number of imide groups is 2. The molecule has 0 bridgehead atoms. The molecule has 0 atom stereocenters. The first-order valence-corrected chi connectivity index (χ1v) is 15.3. The number of rotatable bonds is 13. The second-order valence-corrected chi connectivity index (χ2v) is 11.1. The predicted molar refractivity (Wildman–Crippen MR) is 172 cm³/mol. The summed E-state index contributed by atoms with van der Waals surface area (Å²) in [5.74, 6) is 0.321. The van der Waals surface area contributed by atoms with Gasteiger partial charge < -0.3 is 9.47 Å². The maximum atomic E-state index is 13.1. The van der Waals surface area contributed by atoms with Crippen LogP contribution in [0.1, 0.15) is 36.8 Å². The third-order valence-corrected chi connectivity index (χ3v) is 7.77. The largest absolute Gasteiger partial charge is 0.457 e. The Balaban J connectivity index is 0.961. The quantitative estimate of drug-likeness (QED) is 0.149. The van der Waals surface area contributed by atoms with Crippen molar-refractivity contribution in [2.24, 2.45) is 0 Å². The average molecular weight is 613 g/mol. The van der Waals surface area contributed by atoms with Crippen LogP contribution in [0.2, 0.25) is 0 Å². The molecule has 2 aliphatic heterocycles. The van der Waals surface area contributed by atoms with Crippen LogP contribution in [0.3, 0.4) is 0 Å². The van der Waals surface area contributed by atoms with E-state index >= 15 is 0 Å². The third-order valence-electron chi connectivity index (χ3n) is 7.77. The Bertz CT molecular complexity index is 1660. The van der Waals surface area contributed by atoms with E-state index in [4.69, 9.17) is 9.47 Å². The first kappa shape index (κ1) is 30.3. The van der Waals surface area contributed by atoms with Gasteiger partial charge in [0.15, 0.2) is 0 Å². The zero-order valence-corrected chi connectivity index (χ0v) is 25.1. The molecule has 0 radical (unpaired) electrons. The van der Waals surface area contributed by atoms with E-state index < -0.39 is 23.6 Å². The summed E-state index contributed by atoms with van der Waals surface area (Å²) >= 11 is 0. The number of hydrazine groups is 1. The van der Waals surface area contributed by atoms with Crippen LogP contribution >= 0.6 is 0 Å². The maximum absolute atomic E-state index is 13.1. The van der Waals surface area contributed by atoms with Crippen molar-refractivity contribution in [3.63, 3.8) is 0 Å². The molecule has 2 heterocycles. The summed E-state index contributed by atoms with van der Waals surface area (Å²) in [6.45, 7) is 0. The van der Waals surface area contributed by atoms with Crippen molar-refractivity contribution < 1.29 is 28.7 Å². The molecule has 0 aliphatic carbocycles. The Morgan fingerprint density at radius 1 is 0.413 bits per heavy atom. The van der Waals surface area contributed by atoms with Gasteiger partial charge >= 0.3 is 0 Å². The lowest BCUT2D eigenvalue weighted by Crippen LogP contribution is -2.50. The van der Waals surface area contributed by atoms with Crippen LogP contribution in [0.4, 0.5) is 0 Å². The number of hydrogen-bond acceptors (Lipinski definition) is 6. The summed E-state index contributed by atoms with van der Waals surface area (Å²) in [5, 5.41) is 1.34. The lowest BCUT2D eigenvalue weighted by Gasteiger charge is -2.24. The minimum Gasteiger partial charge on any atom is -0.457 e. The number of para-hydroxylation sites is 2. The number of aryl methyl sites for hydroxylation is 2. The molecule has 0 N–H and O–H groups in total. The van der Waals surface area contributed by atoms with Crippen LogP contribution in [0.15, 0.2) is 132 Å². The van der Waals surface area contributed by atoms with E-state index in [-0.39, 0.29) is 11.1 Å². The van der Waals surface area contributed by atoms with Crippen LogP contribution in [-0.4, -0.2) is 33.6 Å². The molecule has 4 amide bonds. The summed E-state index contributed by atoms with van der Waals surface area (Å²) in [6, 6.07) is 34.4. The highest BCUT2D eigenvalue weighted by Crippen LogP contribution is 2.28. The Morgan fingerprint density at radius 2 is 0.761 bits per heavy atom. The summed E-state index contributed by atoms with van der Waals surface area (Å²) in [6.07, 6.45) is 5.72. The van der Waals surface area contributed by atoms with Gasteiger partial charge in [0.1, 0.15) is 23.0 Å². The van der Waals surface area contributed by atoms with Crippen molar-refractivity contribution >= 4 is 23.6 Å². The lowest BCUT2D eigenvalue weighted by atomic mass is 10.0. The number of carbonyl (C=O) groups excluding carboxylic acids is 4. The predicted octanol–water partition coefficient (Wildman–Crippen LogP) is 7.12. The van der Waals surface area contributed by atoms with Crippen LogP contribution in [0.5, 0.6) is 23.0 Å². The van der Waals surface area contributed by atoms with E-state index in [0.29, 0.717) is 48.5 Å². The second kappa shape index (κ2) is 13.9. The standard InChI is InChI=1S/C38H32N2O6/c41-35-25-29(11-7-9-27-17-21-33(22-18-27)45-31-13-3-1-4-14-31)37(43)39(35)40-36(42)26-30(38(40)44)12-8-10-28-19-23-34(24-20-28)46-32-15-5-2-6-16-32/h1-6,13-26H,7-12H2. The molecule has 4 aromatic carbocycles. The van der Waals surface area contributed by atoms with Gasteiger partial charge in [-0.05, 0) is 98.2 Å².